The molecule has 1 aromatic carbocycles. The molecule has 1 atom stereocenters. The van der Waals surface area contributed by atoms with Crippen molar-refractivity contribution in [3.8, 4) is 0 Å². The quantitative estimate of drug-likeness (QED) is 0.598. The van der Waals surface area contributed by atoms with Crippen molar-refractivity contribution >= 4 is 11.8 Å². The van der Waals surface area contributed by atoms with Crippen LogP contribution in [-0.2, 0) is 22.6 Å². The fourth-order valence-electron chi connectivity index (χ4n) is 6.22. The van der Waals surface area contributed by atoms with Crippen molar-refractivity contribution in [3.05, 3.63) is 35.4 Å². The molecule has 0 radical (unpaired) electrons. The number of carbonyl (C=O) groups excluding carboxylic acids is 2. The molecule has 2 heterocycles. The maximum Gasteiger partial charge on any atom is 0.237 e. The highest BCUT2D eigenvalue weighted by molar-refractivity contribution is 5.84. The second-order valence-corrected chi connectivity index (χ2v) is 11.7. The Balaban J connectivity index is 1.27. The Kier molecular flexibility index (Phi) is 7.98. The van der Waals surface area contributed by atoms with Crippen molar-refractivity contribution < 1.29 is 9.59 Å². The third-order valence-corrected chi connectivity index (χ3v) is 8.20. The van der Waals surface area contributed by atoms with Gasteiger partial charge in [-0.25, -0.2) is 0 Å². The molecule has 3 N–H and O–H groups in total. The van der Waals surface area contributed by atoms with Crippen molar-refractivity contribution in [2.24, 2.45) is 11.3 Å². The second-order valence-electron chi connectivity index (χ2n) is 11.7. The lowest BCUT2D eigenvalue weighted by Crippen LogP contribution is -2.57. The Morgan fingerprint density at radius 1 is 1.06 bits per heavy atom. The van der Waals surface area contributed by atoms with Gasteiger partial charge in [0.05, 0.1) is 11.5 Å². The van der Waals surface area contributed by atoms with E-state index in [9.17, 15) is 9.59 Å². The first-order valence-electron chi connectivity index (χ1n) is 13.4. The normalized spacial score (nSPS) is 23.7. The lowest BCUT2D eigenvalue weighted by atomic mass is 9.63. The topological polar surface area (TPSA) is 73.5 Å². The van der Waals surface area contributed by atoms with Crippen LogP contribution in [0, 0.1) is 11.3 Å². The molecular formula is C28H44N4O2. The molecule has 0 bridgehead atoms. The minimum Gasteiger partial charge on any atom is -0.353 e. The predicted molar refractivity (Wildman–Crippen MR) is 136 cm³/mol. The molecule has 34 heavy (non-hydrogen) atoms. The molecule has 4 rings (SSSR count). The second kappa shape index (κ2) is 10.8. The molecule has 6 heteroatoms. The van der Waals surface area contributed by atoms with Gasteiger partial charge in [0.1, 0.15) is 0 Å². The highest BCUT2D eigenvalue weighted by Gasteiger charge is 2.48. The van der Waals surface area contributed by atoms with Crippen LogP contribution in [0.2, 0.25) is 0 Å². The monoisotopic (exact) mass is 468 g/mol. The Bertz CT molecular complexity index is 848. The van der Waals surface area contributed by atoms with Gasteiger partial charge in [0.15, 0.2) is 0 Å². The van der Waals surface area contributed by atoms with E-state index in [1.54, 1.807) is 0 Å². The maximum atomic E-state index is 13.5. The number of piperidine rings is 1. The summed E-state index contributed by atoms with van der Waals surface area (Å²) in [5.41, 5.74) is 2.13. The van der Waals surface area contributed by atoms with Gasteiger partial charge in [-0.2, -0.15) is 0 Å². The highest BCUT2D eigenvalue weighted by Crippen LogP contribution is 2.46. The molecule has 188 valence electrons. The summed E-state index contributed by atoms with van der Waals surface area (Å²) in [6, 6.07) is 8.19. The number of benzene rings is 1. The van der Waals surface area contributed by atoms with Crippen LogP contribution in [0.5, 0.6) is 0 Å². The summed E-state index contributed by atoms with van der Waals surface area (Å²) < 4.78 is 0. The minimum absolute atomic E-state index is 0.0904. The Labute approximate surface area is 205 Å². The van der Waals surface area contributed by atoms with Gasteiger partial charge < -0.3 is 20.9 Å². The largest absolute Gasteiger partial charge is 0.353 e. The van der Waals surface area contributed by atoms with E-state index in [1.165, 1.54) is 43.2 Å². The number of likely N-dealkylation sites (tertiary alicyclic amines) is 1. The van der Waals surface area contributed by atoms with Gasteiger partial charge in [0.2, 0.25) is 11.8 Å². The molecule has 6 nitrogen and oxygen atoms in total. The van der Waals surface area contributed by atoms with E-state index in [0.29, 0.717) is 12.5 Å². The average molecular weight is 469 g/mol. The number of fused-ring (bicyclic) bond motifs is 1. The summed E-state index contributed by atoms with van der Waals surface area (Å²) in [6.45, 7) is 10.4. The molecule has 0 spiro atoms. The van der Waals surface area contributed by atoms with Crippen LogP contribution in [-0.4, -0.2) is 54.5 Å². The number of carbonyl (C=O) groups is 2. The number of nitrogens with zero attached hydrogens (tertiary/aromatic N) is 1. The zero-order valence-corrected chi connectivity index (χ0v) is 21.4. The minimum atomic E-state index is -0.229. The van der Waals surface area contributed by atoms with Gasteiger partial charge in [-0.1, -0.05) is 43.5 Å². The summed E-state index contributed by atoms with van der Waals surface area (Å²) in [6.07, 6.45) is 8.79. The summed E-state index contributed by atoms with van der Waals surface area (Å²) in [5, 5.41) is 9.84. The van der Waals surface area contributed by atoms with Gasteiger partial charge in [-0.05, 0) is 83.0 Å². The molecule has 2 amide bonds. The van der Waals surface area contributed by atoms with E-state index in [4.69, 9.17) is 0 Å². The first kappa shape index (κ1) is 25.2. The van der Waals surface area contributed by atoms with Crippen LogP contribution in [0.3, 0.4) is 0 Å². The van der Waals surface area contributed by atoms with E-state index in [0.717, 1.165) is 45.4 Å². The van der Waals surface area contributed by atoms with Gasteiger partial charge in [0, 0.05) is 25.2 Å². The van der Waals surface area contributed by atoms with E-state index in [2.05, 4.69) is 59.8 Å². The van der Waals surface area contributed by atoms with E-state index >= 15 is 0 Å². The predicted octanol–water partition coefficient (Wildman–Crippen LogP) is 3.39. The van der Waals surface area contributed by atoms with E-state index in [1.807, 2.05) is 6.07 Å². The van der Waals surface area contributed by atoms with Crippen LogP contribution in [0.4, 0.5) is 0 Å². The van der Waals surface area contributed by atoms with Gasteiger partial charge in [-0.15, -0.1) is 0 Å². The number of hydrogen-bond acceptors (Lipinski definition) is 4. The fourth-order valence-corrected chi connectivity index (χ4v) is 6.22. The van der Waals surface area contributed by atoms with Crippen molar-refractivity contribution in [2.75, 3.05) is 26.2 Å². The molecule has 1 saturated carbocycles. The number of amides is 2. The van der Waals surface area contributed by atoms with Crippen molar-refractivity contribution in [1.82, 2.24) is 20.9 Å². The molecule has 1 saturated heterocycles. The molecule has 3 aliphatic rings. The zero-order chi connectivity index (χ0) is 24.2. The molecule has 2 fully saturated rings. The Morgan fingerprint density at radius 3 is 2.41 bits per heavy atom. The van der Waals surface area contributed by atoms with Crippen LogP contribution in [0.25, 0.3) is 0 Å². The molecule has 0 unspecified atom stereocenters. The van der Waals surface area contributed by atoms with Crippen LogP contribution in [0.1, 0.15) is 76.8 Å². The summed E-state index contributed by atoms with van der Waals surface area (Å²) in [4.78, 5) is 28.7. The average Bonchev–Trinajstić information content (AvgIpc) is 2.83. The third-order valence-electron chi connectivity index (χ3n) is 8.20. The van der Waals surface area contributed by atoms with Crippen molar-refractivity contribution in [2.45, 2.75) is 90.3 Å². The number of rotatable bonds is 6. The summed E-state index contributed by atoms with van der Waals surface area (Å²) in [7, 11) is 0. The maximum absolute atomic E-state index is 13.5. The van der Waals surface area contributed by atoms with Crippen LogP contribution < -0.4 is 16.0 Å². The smallest absolute Gasteiger partial charge is 0.237 e. The van der Waals surface area contributed by atoms with Crippen LogP contribution in [0.15, 0.2) is 24.3 Å². The number of nitrogens with one attached hydrogen (secondary N) is 3. The number of hydrogen-bond donors (Lipinski definition) is 3. The molecule has 2 aliphatic heterocycles. The summed E-state index contributed by atoms with van der Waals surface area (Å²) >= 11 is 0. The lowest BCUT2D eigenvalue weighted by molar-refractivity contribution is -0.141. The first-order valence-corrected chi connectivity index (χ1v) is 13.4. The van der Waals surface area contributed by atoms with E-state index < -0.39 is 0 Å². The Hall–Kier alpha value is -1.92. The van der Waals surface area contributed by atoms with E-state index in [-0.39, 0.29) is 28.8 Å². The SMILES string of the molecule is CC(C)(C)NC(=O)C1(C2CCCCC2)CCN(CCNC(=O)[C@H]2Cc3ccccc3CN2)CC1. The Morgan fingerprint density at radius 2 is 1.74 bits per heavy atom. The standard InChI is InChI=1S/C28H44N4O2/c1-27(2,3)31-26(34)28(23-11-5-4-6-12-23)13-16-32(17-14-28)18-15-29-25(33)24-19-21-9-7-8-10-22(21)20-30-24/h7-10,23-24,30H,4-6,11-20H2,1-3H3,(H,29,33)(H,31,34)/t24-/m1/s1. The third kappa shape index (κ3) is 6.01. The molecule has 0 aromatic heterocycles. The molecule has 1 aliphatic carbocycles. The van der Waals surface area contributed by atoms with Gasteiger partial charge in [-0.3, -0.25) is 9.59 Å². The van der Waals surface area contributed by atoms with Gasteiger partial charge in [0.25, 0.3) is 0 Å². The van der Waals surface area contributed by atoms with Crippen LogP contribution >= 0.6 is 0 Å². The van der Waals surface area contributed by atoms with Crippen molar-refractivity contribution in [1.29, 1.82) is 0 Å². The highest BCUT2D eigenvalue weighted by atomic mass is 16.2. The molecule has 1 aromatic rings. The zero-order valence-electron chi connectivity index (χ0n) is 21.4. The van der Waals surface area contributed by atoms with Crippen molar-refractivity contribution in [3.63, 3.8) is 0 Å². The fraction of sp³-hybridized carbons (Fsp3) is 0.714. The van der Waals surface area contributed by atoms with Gasteiger partial charge >= 0.3 is 0 Å². The first-order chi connectivity index (χ1) is 16.3. The molecular weight excluding hydrogens is 424 g/mol. The lowest BCUT2D eigenvalue weighted by Gasteiger charge is -2.47. The summed E-state index contributed by atoms with van der Waals surface area (Å²) in [5.74, 6) is 0.863.